The van der Waals surface area contributed by atoms with E-state index < -0.39 is 17.6 Å². The molecule has 2 aromatic carbocycles. The van der Waals surface area contributed by atoms with Crippen LogP contribution in [0, 0.1) is 13.8 Å². The summed E-state index contributed by atoms with van der Waals surface area (Å²) < 4.78 is 40.1. The number of hydrogen-bond donors (Lipinski definition) is 2. The molecule has 4 rings (SSSR count). The number of anilines is 4. The molecule has 1 aromatic heterocycles. The first-order valence-electron chi connectivity index (χ1n) is 11.2. The number of amides is 1. The number of hydrogen-bond acceptors (Lipinski definition) is 6. The Morgan fingerprint density at radius 3 is 2.14 bits per heavy atom. The summed E-state index contributed by atoms with van der Waals surface area (Å²) in [5.41, 5.74) is 2.56. The van der Waals surface area contributed by atoms with Crippen LogP contribution in [0.4, 0.5) is 36.2 Å². The number of aryl methyl sites for hydroxylation is 2. The quantitative estimate of drug-likeness (QED) is 0.539. The van der Waals surface area contributed by atoms with Crippen molar-refractivity contribution < 1.29 is 18.0 Å². The van der Waals surface area contributed by atoms with Crippen LogP contribution in [0.15, 0.2) is 48.5 Å². The van der Waals surface area contributed by atoms with E-state index in [1.807, 2.05) is 31.9 Å². The topological polar surface area (TPSA) is 73.4 Å². The molecule has 2 N–H and O–H groups in total. The van der Waals surface area contributed by atoms with Gasteiger partial charge in [0.1, 0.15) is 0 Å². The minimum Gasteiger partial charge on any atom is -0.367 e. The van der Waals surface area contributed by atoms with Crippen molar-refractivity contribution in [3.63, 3.8) is 0 Å². The highest BCUT2D eigenvalue weighted by atomic mass is 19.4. The van der Waals surface area contributed by atoms with Crippen molar-refractivity contribution in [2.45, 2.75) is 20.0 Å². The number of halogens is 3. The number of alkyl halides is 3. The molecule has 0 saturated carbocycles. The van der Waals surface area contributed by atoms with Crippen molar-refractivity contribution in [3.05, 3.63) is 71.0 Å². The van der Waals surface area contributed by atoms with E-state index in [0.717, 1.165) is 36.6 Å². The van der Waals surface area contributed by atoms with Gasteiger partial charge in [-0.15, -0.1) is 0 Å². The van der Waals surface area contributed by atoms with Gasteiger partial charge in [-0.25, -0.2) is 9.97 Å². The molecule has 0 atom stereocenters. The average molecular weight is 485 g/mol. The zero-order chi connectivity index (χ0) is 25.2. The summed E-state index contributed by atoms with van der Waals surface area (Å²) in [6, 6.07) is 11.9. The Labute approximate surface area is 202 Å². The molecule has 0 radical (unpaired) electrons. The Hall–Kier alpha value is -3.66. The molecule has 10 heteroatoms. The fourth-order valence-corrected chi connectivity index (χ4v) is 3.95. The average Bonchev–Trinajstić information content (AvgIpc) is 2.79. The Morgan fingerprint density at radius 1 is 0.914 bits per heavy atom. The van der Waals surface area contributed by atoms with Gasteiger partial charge in [-0.2, -0.15) is 13.2 Å². The van der Waals surface area contributed by atoms with E-state index in [1.165, 1.54) is 6.07 Å². The molecule has 0 aliphatic carbocycles. The smallest absolute Gasteiger partial charge is 0.367 e. The molecule has 35 heavy (non-hydrogen) atoms. The molecule has 3 aromatic rings. The van der Waals surface area contributed by atoms with E-state index in [-0.39, 0.29) is 5.69 Å². The normalized spacial score (nSPS) is 14.6. The summed E-state index contributed by atoms with van der Waals surface area (Å²) in [5.74, 6) is -0.0469. The van der Waals surface area contributed by atoms with Gasteiger partial charge >= 0.3 is 6.18 Å². The van der Waals surface area contributed by atoms with E-state index in [2.05, 4.69) is 25.5 Å². The Balaban J connectivity index is 1.54. The van der Waals surface area contributed by atoms with Crippen molar-refractivity contribution in [2.75, 3.05) is 48.8 Å². The lowest BCUT2D eigenvalue weighted by atomic mass is 10.1. The molecule has 1 fully saturated rings. The first-order valence-corrected chi connectivity index (χ1v) is 11.2. The van der Waals surface area contributed by atoms with Crippen LogP contribution >= 0.6 is 0 Å². The van der Waals surface area contributed by atoms with E-state index in [4.69, 9.17) is 0 Å². The summed E-state index contributed by atoms with van der Waals surface area (Å²) >= 11 is 0. The number of aromatic nitrogens is 2. The van der Waals surface area contributed by atoms with Gasteiger partial charge in [0.05, 0.1) is 16.9 Å². The van der Waals surface area contributed by atoms with Gasteiger partial charge in [0.2, 0.25) is 5.95 Å². The Morgan fingerprint density at radius 2 is 1.54 bits per heavy atom. The number of piperazine rings is 1. The molecule has 1 aliphatic rings. The summed E-state index contributed by atoms with van der Waals surface area (Å²) in [4.78, 5) is 25.8. The van der Waals surface area contributed by atoms with Gasteiger partial charge in [0.25, 0.3) is 5.91 Å². The lowest BCUT2D eigenvalue weighted by Crippen LogP contribution is -2.44. The largest absolute Gasteiger partial charge is 0.416 e. The van der Waals surface area contributed by atoms with Crippen LogP contribution in [0.3, 0.4) is 0 Å². The van der Waals surface area contributed by atoms with Gasteiger partial charge in [-0.3, -0.25) is 4.79 Å². The molecule has 7 nitrogen and oxygen atoms in total. The van der Waals surface area contributed by atoms with E-state index in [1.54, 1.807) is 24.3 Å². The van der Waals surface area contributed by atoms with Crippen LogP contribution in [0.1, 0.15) is 27.3 Å². The molecular formula is C25H27F3N6O. The van der Waals surface area contributed by atoms with Crippen LogP contribution in [0.5, 0.6) is 0 Å². The highest BCUT2D eigenvalue weighted by Crippen LogP contribution is 2.36. The van der Waals surface area contributed by atoms with Gasteiger partial charge in [0.15, 0.2) is 0 Å². The number of benzene rings is 2. The molecule has 0 unspecified atom stereocenters. The summed E-state index contributed by atoms with van der Waals surface area (Å²) in [7, 11) is 2.00. The summed E-state index contributed by atoms with van der Waals surface area (Å²) in [6.07, 6.45) is -4.51. The number of carbonyl (C=O) groups is 1. The summed E-state index contributed by atoms with van der Waals surface area (Å²) in [5, 5.41) is 5.78. The third-order valence-electron chi connectivity index (χ3n) is 5.80. The van der Waals surface area contributed by atoms with E-state index >= 15 is 0 Å². The molecule has 0 bridgehead atoms. The lowest BCUT2D eigenvalue weighted by Gasteiger charge is -2.35. The van der Waals surface area contributed by atoms with Crippen LogP contribution in [-0.2, 0) is 6.18 Å². The maximum Gasteiger partial charge on any atom is 0.416 e. The number of rotatable bonds is 5. The zero-order valence-electron chi connectivity index (χ0n) is 19.8. The van der Waals surface area contributed by atoms with E-state index in [0.29, 0.717) is 36.0 Å². The van der Waals surface area contributed by atoms with Crippen molar-refractivity contribution in [1.82, 2.24) is 14.9 Å². The first-order chi connectivity index (χ1) is 16.6. The molecule has 1 aliphatic heterocycles. The first kappa shape index (κ1) is 24.5. The molecule has 1 amide bonds. The zero-order valence-corrected chi connectivity index (χ0v) is 19.8. The fraction of sp³-hybridized carbons (Fsp3) is 0.320. The summed E-state index contributed by atoms with van der Waals surface area (Å²) in [6.45, 7) is 6.63. The maximum absolute atomic E-state index is 13.4. The third kappa shape index (κ3) is 6.07. The molecular weight excluding hydrogens is 457 g/mol. The second-order valence-corrected chi connectivity index (χ2v) is 8.65. The van der Waals surface area contributed by atoms with Crippen molar-refractivity contribution >= 4 is 28.9 Å². The number of nitrogens with one attached hydrogen (secondary N) is 2. The number of nitrogens with zero attached hydrogens (tertiary/aromatic N) is 4. The number of likely N-dealkylation sites (N-methyl/N-ethyl adjacent to an activating group) is 1. The van der Waals surface area contributed by atoms with Crippen molar-refractivity contribution in [1.29, 1.82) is 0 Å². The van der Waals surface area contributed by atoms with Gasteiger partial charge in [-0.05, 0) is 69.4 Å². The minimum absolute atomic E-state index is 0.139. The predicted molar refractivity (Wildman–Crippen MR) is 130 cm³/mol. The molecule has 0 spiro atoms. The highest BCUT2D eigenvalue weighted by Gasteiger charge is 2.32. The van der Waals surface area contributed by atoms with E-state index in [9.17, 15) is 18.0 Å². The second-order valence-electron chi connectivity index (χ2n) is 8.65. The Bertz CT molecular complexity index is 1180. The van der Waals surface area contributed by atoms with Gasteiger partial charge < -0.3 is 20.4 Å². The van der Waals surface area contributed by atoms with Crippen LogP contribution in [0.2, 0.25) is 0 Å². The minimum atomic E-state index is -4.51. The number of carbonyl (C=O) groups excluding carboxylic acids is 1. The lowest BCUT2D eigenvalue weighted by molar-refractivity contribution is -0.137. The van der Waals surface area contributed by atoms with Crippen LogP contribution < -0.4 is 15.5 Å². The fourth-order valence-electron chi connectivity index (χ4n) is 3.95. The van der Waals surface area contributed by atoms with Gasteiger partial charge in [0, 0.05) is 48.8 Å². The standard InChI is InChI=1S/C25H27F3N6O/c1-16-14-17(2)30-24(29-16)31-20-7-4-18(5-8-20)23(35)32-21-15-19(25(26,27)28)6-9-22(21)34-12-10-33(3)11-13-34/h4-9,14-15H,10-13H2,1-3H3,(H,32,35)(H,29,30,31). The Kier molecular flexibility index (Phi) is 6.93. The van der Waals surface area contributed by atoms with Gasteiger partial charge in [-0.1, -0.05) is 0 Å². The molecule has 1 saturated heterocycles. The van der Waals surface area contributed by atoms with Crippen LogP contribution in [-0.4, -0.2) is 54.0 Å². The predicted octanol–water partition coefficient (Wildman–Crippen LogP) is 4.86. The molecule has 2 heterocycles. The van der Waals surface area contributed by atoms with Crippen LogP contribution in [0.25, 0.3) is 0 Å². The third-order valence-corrected chi connectivity index (χ3v) is 5.80. The van der Waals surface area contributed by atoms with Crippen molar-refractivity contribution in [3.8, 4) is 0 Å². The monoisotopic (exact) mass is 484 g/mol. The van der Waals surface area contributed by atoms with Crippen molar-refractivity contribution in [2.24, 2.45) is 0 Å². The second kappa shape index (κ2) is 9.91. The SMILES string of the molecule is Cc1cc(C)nc(Nc2ccc(C(=O)Nc3cc(C(F)(F)F)ccc3N3CCN(C)CC3)cc2)n1. The highest BCUT2D eigenvalue weighted by molar-refractivity contribution is 6.06. The maximum atomic E-state index is 13.4. The molecule has 184 valence electrons.